The van der Waals surface area contributed by atoms with Crippen LogP contribution in [0.5, 0.6) is 11.5 Å². The lowest BCUT2D eigenvalue weighted by atomic mass is 10.1. The highest BCUT2D eigenvalue weighted by atomic mass is 32.1. The van der Waals surface area contributed by atoms with Crippen molar-refractivity contribution >= 4 is 35.0 Å². The van der Waals surface area contributed by atoms with Gasteiger partial charge >= 0.3 is 12.2 Å². The fraction of sp³-hybridized carbons (Fsp3) is 0.348. The van der Waals surface area contributed by atoms with Crippen molar-refractivity contribution in [3.8, 4) is 11.5 Å². The third-order valence-electron chi connectivity index (χ3n) is 6.84. The normalized spacial score (nSPS) is 24.4. The second kappa shape index (κ2) is 7.74. The molecule has 3 atom stereocenters. The van der Waals surface area contributed by atoms with Crippen molar-refractivity contribution in [2.75, 3.05) is 18.2 Å². The second-order valence-corrected chi connectivity index (χ2v) is 9.20. The number of rotatable bonds is 3. The van der Waals surface area contributed by atoms with Gasteiger partial charge in [0.25, 0.3) is 5.91 Å². The highest BCUT2D eigenvalue weighted by molar-refractivity contribution is 7.80. The Morgan fingerprint density at radius 1 is 1.11 bits per heavy atom. The lowest BCUT2D eigenvalue weighted by Crippen LogP contribution is -2.56. The molecule has 3 fully saturated rings. The molecule has 6 rings (SSSR count). The fourth-order valence-electron chi connectivity index (χ4n) is 5.28. The molecule has 3 saturated heterocycles. The van der Waals surface area contributed by atoms with E-state index in [9.17, 15) is 22.8 Å². The summed E-state index contributed by atoms with van der Waals surface area (Å²) >= 11 is 5.59. The molecule has 0 aliphatic carbocycles. The van der Waals surface area contributed by atoms with E-state index < -0.39 is 29.7 Å². The zero-order chi connectivity index (χ0) is 24.5. The standard InChI is InChI=1S/C23H19F3N4O4S/c24-23(25,26)13-2-1-3-14(7-13)30-20(31)19-16-8-15(29(19)22(30)32)10-28(16)21(35)27-9-12-4-5-17-18(6-12)34-11-33-17/h1-7,15-16,19H,8-11H2,(H,27,35)/t15?,16-,19-/m1/s1. The molecule has 1 unspecified atom stereocenters. The number of thiocarbonyl (C=S) groups is 1. The quantitative estimate of drug-likeness (QED) is 0.509. The molecular weight excluding hydrogens is 485 g/mol. The van der Waals surface area contributed by atoms with Crippen molar-refractivity contribution in [3.63, 3.8) is 0 Å². The number of nitrogens with one attached hydrogen (secondary N) is 1. The minimum Gasteiger partial charge on any atom is -0.454 e. The summed E-state index contributed by atoms with van der Waals surface area (Å²) in [5, 5.41) is 3.65. The maximum atomic E-state index is 13.3. The molecule has 8 nitrogen and oxygen atoms in total. The number of carbonyl (C=O) groups is 2. The summed E-state index contributed by atoms with van der Waals surface area (Å²) in [6.07, 6.45) is -4.01. The van der Waals surface area contributed by atoms with Gasteiger partial charge in [-0.25, -0.2) is 9.69 Å². The number of anilines is 1. The summed E-state index contributed by atoms with van der Waals surface area (Å²) in [4.78, 5) is 30.6. The van der Waals surface area contributed by atoms with Gasteiger partial charge in [-0.1, -0.05) is 12.1 Å². The first kappa shape index (κ1) is 22.0. The Morgan fingerprint density at radius 3 is 2.71 bits per heavy atom. The number of alkyl halides is 3. The first-order chi connectivity index (χ1) is 16.7. The molecule has 2 aromatic rings. The van der Waals surface area contributed by atoms with Gasteiger partial charge in [-0.15, -0.1) is 0 Å². The number of imide groups is 1. The lowest BCUT2D eigenvalue weighted by Gasteiger charge is -2.36. The number of nitrogens with zero attached hydrogens (tertiary/aromatic N) is 3. The van der Waals surface area contributed by atoms with Crippen LogP contribution in [-0.4, -0.2) is 58.3 Å². The molecular formula is C23H19F3N4O4S. The minimum absolute atomic E-state index is 0.0846. The number of halogens is 3. The molecule has 1 N–H and O–H groups in total. The molecule has 12 heteroatoms. The van der Waals surface area contributed by atoms with Crippen molar-refractivity contribution < 1.29 is 32.2 Å². The predicted molar refractivity (Wildman–Crippen MR) is 121 cm³/mol. The van der Waals surface area contributed by atoms with Gasteiger partial charge in [0.1, 0.15) is 6.04 Å². The third-order valence-corrected chi connectivity index (χ3v) is 7.22. The van der Waals surface area contributed by atoms with Gasteiger partial charge in [0.2, 0.25) is 6.79 Å². The predicted octanol–water partition coefficient (Wildman–Crippen LogP) is 3.10. The van der Waals surface area contributed by atoms with Crippen LogP contribution in [0.25, 0.3) is 0 Å². The Kier molecular flexibility index (Phi) is 4.85. The van der Waals surface area contributed by atoms with E-state index in [-0.39, 0.29) is 24.6 Å². The summed E-state index contributed by atoms with van der Waals surface area (Å²) in [7, 11) is 0. The number of benzene rings is 2. The number of fused-ring (bicyclic) bond motifs is 6. The summed E-state index contributed by atoms with van der Waals surface area (Å²) < 4.78 is 50.2. The van der Waals surface area contributed by atoms with E-state index in [0.717, 1.165) is 22.6 Å². The molecule has 182 valence electrons. The van der Waals surface area contributed by atoms with E-state index >= 15 is 0 Å². The minimum atomic E-state index is -4.58. The van der Waals surface area contributed by atoms with Gasteiger partial charge in [0.15, 0.2) is 16.6 Å². The highest BCUT2D eigenvalue weighted by Crippen LogP contribution is 2.43. The van der Waals surface area contributed by atoms with E-state index in [1.165, 1.54) is 17.0 Å². The van der Waals surface area contributed by atoms with Crippen molar-refractivity contribution in [2.24, 2.45) is 0 Å². The molecule has 4 aliphatic rings. The second-order valence-electron chi connectivity index (χ2n) is 8.81. The van der Waals surface area contributed by atoms with Crippen molar-refractivity contribution in [1.82, 2.24) is 15.1 Å². The van der Waals surface area contributed by atoms with Crippen LogP contribution in [-0.2, 0) is 17.5 Å². The maximum Gasteiger partial charge on any atom is 0.416 e. The van der Waals surface area contributed by atoms with Crippen LogP contribution in [0.15, 0.2) is 42.5 Å². The number of hydrogen-bond acceptors (Lipinski definition) is 5. The van der Waals surface area contributed by atoms with Crippen molar-refractivity contribution in [3.05, 3.63) is 53.6 Å². The first-order valence-corrected chi connectivity index (χ1v) is 11.4. The average molecular weight is 504 g/mol. The van der Waals surface area contributed by atoms with Gasteiger partial charge in [-0.05, 0) is 54.5 Å². The number of hydrogen-bond donors (Lipinski definition) is 1. The van der Waals surface area contributed by atoms with Crippen LogP contribution in [0.2, 0.25) is 0 Å². The summed E-state index contributed by atoms with van der Waals surface area (Å²) in [6.45, 7) is 1.06. The Labute approximate surface area is 203 Å². The third kappa shape index (κ3) is 3.46. The van der Waals surface area contributed by atoms with E-state index in [1.54, 1.807) is 0 Å². The van der Waals surface area contributed by atoms with Gasteiger partial charge in [-0.2, -0.15) is 13.2 Å². The van der Waals surface area contributed by atoms with Crippen LogP contribution >= 0.6 is 12.2 Å². The topological polar surface area (TPSA) is 74.4 Å². The molecule has 2 aromatic carbocycles. The van der Waals surface area contributed by atoms with Gasteiger partial charge in [0, 0.05) is 13.1 Å². The van der Waals surface area contributed by atoms with E-state index in [4.69, 9.17) is 21.7 Å². The summed E-state index contributed by atoms with van der Waals surface area (Å²) in [5.74, 6) is 0.809. The number of amides is 3. The fourth-order valence-corrected chi connectivity index (χ4v) is 5.56. The lowest BCUT2D eigenvalue weighted by molar-refractivity contribution is -0.137. The molecule has 4 heterocycles. The molecule has 0 radical (unpaired) electrons. The number of carbonyl (C=O) groups excluding carboxylic acids is 2. The van der Waals surface area contributed by atoms with Crippen LogP contribution in [0.4, 0.5) is 23.7 Å². The molecule has 0 spiro atoms. The molecule has 2 bridgehead atoms. The van der Waals surface area contributed by atoms with Crippen LogP contribution < -0.4 is 19.7 Å². The molecule has 35 heavy (non-hydrogen) atoms. The first-order valence-electron chi connectivity index (χ1n) is 11.0. The Balaban J connectivity index is 1.17. The van der Waals surface area contributed by atoms with Crippen molar-refractivity contribution in [1.29, 1.82) is 0 Å². The van der Waals surface area contributed by atoms with Crippen LogP contribution in [0.3, 0.4) is 0 Å². The molecule has 3 amide bonds. The summed E-state index contributed by atoms with van der Waals surface area (Å²) in [6, 6.07) is 7.87. The number of piperazine rings is 1. The number of ether oxygens (including phenoxy) is 2. The number of likely N-dealkylation sites (tertiary alicyclic amines) is 1. The number of urea groups is 1. The Hall–Kier alpha value is -3.54. The van der Waals surface area contributed by atoms with Crippen LogP contribution in [0.1, 0.15) is 17.5 Å². The zero-order valence-electron chi connectivity index (χ0n) is 18.1. The highest BCUT2D eigenvalue weighted by Gasteiger charge is 2.62. The average Bonchev–Trinajstić information content (AvgIpc) is 3.59. The Morgan fingerprint density at radius 2 is 1.91 bits per heavy atom. The Bertz CT molecular complexity index is 1260. The van der Waals surface area contributed by atoms with Gasteiger partial charge in [0.05, 0.1) is 23.3 Å². The zero-order valence-corrected chi connectivity index (χ0v) is 18.9. The molecule has 0 aromatic heterocycles. The smallest absolute Gasteiger partial charge is 0.416 e. The SMILES string of the molecule is O=C1[C@H]2[C@H]3CC(CN3C(=S)NCc3ccc4c(c3)OCO4)N2C(=O)N1c1cccc(C(F)(F)F)c1. The van der Waals surface area contributed by atoms with Gasteiger partial charge in [-0.3, -0.25) is 4.79 Å². The molecule has 4 aliphatic heterocycles. The largest absolute Gasteiger partial charge is 0.454 e. The molecule has 0 saturated carbocycles. The monoisotopic (exact) mass is 504 g/mol. The summed E-state index contributed by atoms with van der Waals surface area (Å²) in [5.41, 5.74) is -0.0646. The van der Waals surface area contributed by atoms with E-state index in [1.807, 2.05) is 23.1 Å². The van der Waals surface area contributed by atoms with Gasteiger partial charge < -0.3 is 24.6 Å². The maximum absolute atomic E-state index is 13.3. The van der Waals surface area contributed by atoms with E-state index in [2.05, 4.69) is 5.32 Å². The van der Waals surface area contributed by atoms with Crippen LogP contribution in [0, 0.1) is 0 Å². The van der Waals surface area contributed by atoms with E-state index in [0.29, 0.717) is 36.1 Å². The van der Waals surface area contributed by atoms with Crippen molar-refractivity contribution in [2.45, 2.75) is 37.3 Å².